The SMILES string of the molecule is C=CC(=O)N1CCN(c2c(C#N)c(=O)n(-c3c(C)ccnc3C(C)C)c3nc(-c4c(Cl)c(N)c(Cl)c(Cl)c4Cl)c(Cl)cc23)CC1.C=CC(=O)N1CCN(c2c(C#N)c(=O)n(-c3c(C)ccnc3C(C)C)c3nc(-c4c(Cl)c(N)c(Cl)c(Cl)c4Cl)c(Cl)cc23)CC1. The zero-order valence-electron chi connectivity index (χ0n) is 48.8. The van der Waals surface area contributed by atoms with Gasteiger partial charge >= 0.3 is 0 Å². The van der Waals surface area contributed by atoms with Crippen LogP contribution in [0.5, 0.6) is 0 Å². The van der Waals surface area contributed by atoms with Gasteiger partial charge in [-0.2, -0.15) is 10.5 Å². The van der Waals surface area contributed by atoms with Crippen LogP contribution in [0.3, 0.4) is 0 Å². The zero-order chi connectivity index (χ0) is 65.8. The summed E-state index contributed by atoms with van der Waals surface area (Å²) in [5.74, 6) is -0.582. The largest absolute Gasteiger partial charge is 0.396 e. The van der Waals surface area contributed by atoms with Gasteiger partial charge in [0.05, 0.1) is 107 Å². The molecule has 0 spiro atoms. The number of pyridine rings is 6. The number of aryl methyl sites for hydroxylation is 2. The summed E-state index contributed by atoms with van der Waals surface area (Å²) >= 11 is 65.7. The van der Waals surface area contributed by atoms with Crippen molar-refractivity contribution in [2.45, 2.75) is 53.4 Å². The molecule has 90 heavy (non-hydrogen) atoms. The molecular weight excluding hydrogens is 1360 g/mol. The van der Waals surface area contributed by atoms with Gasteiger partial charge in [0, 0.05) is 86.7 Å². The van der Waals surface area contributed by atoms with Crippen LogP contribution in [-0.4, -0.2) is 103 Å². The Morgan fingerprint density at radius 3 is 1.17 bits per heavy atom. The maximum Gasteiger partial charge on any atom is 0.276 e. The highest BCUT2D eigenvalue weighted by molar-refractivity contribution is 6.54. The zero-order valence-corrected chi connectivity index (χ0v) is 56.3. The molecule has 18 nitrogen and oxygen atoms in total. The number of rotatable bonds is 10. The lowest BCUT2D eigenvalue weighted by atomic mass is 10.0. The number of hydrogen-bond donors (Lipinski definition) is 2. The highest BCUT2D eigenvalue weighted by Crippen LogP contribution is 2.51. The fourth-order valence-corrected chi connectivity index (χ4v) is 13.7. The Morgan fingerprint density at radius 2 is 0.867 bits per heavy atom. The number of nitrogens with two attached hydrogens (primary N) is 2. The van der Waals surface area contributed by atoms with E-state index in [1.165, 1.54) is 21.3 Å². The van der Waals surface area contributed by atoms with Crippen LogP contribution < -0.4 is 32.4 Å². The van der Waals surface area contributed by atoms with Gasteiger partial charge in [0.15, 0.2) is 0 Å². The maximum absolute atomic E-state index is 14.5. The number of nitrogen functional groups attached to an aromatic ring is 2. The Kier molecular flexibility index (Phi) is 20.2. The van der Waals surface area contributed by atoms with Gasteiger partial charge in [-0.15, -0.1) is 0 Å². The van der Waals surface area contributed by atoms with E-state index in [1.807, 2.05) is 51.3 Å². The van der Waals surface area contributed by atoms with Crippen LogP contribution in [0.25, 0.3) is 56.0 Å². The molecule has 2 saturated heterocycles. The minimum absolute atomic E-state index is 0.0178. The molecule has 0 radical (unpaired) electrons. The number of aromatic nitrogens is 6. The molecule has 8 heterocycles. The molecule has 4 N–H and O–H groups in total. The molecule has 6 aromatic heterocycles. The summed E-state index contributed by atoms with van der Waals surface area (Å²) in [4.78, 5) is 79.5. The summed E-state index contributed by atoms with van der Waals surface area (Å²) in [5.41, 5.74) is 16.0. The monoisotopic (exact) mass is 1410 g/mol. The van der Waals surface area contributed by atoms with Crippen molar-refractivity contribution in [1.82, 2.24) is 38.9 Å². The minimum Gasteiger partial charge on any atom is -0.396 e. The second-order valence-corrected chi connectivity index (χ2v) is 25.3. The molecule has 464 valence electrons. The number of amides is 2. The van der Waals surface area contributed by atoms with E-state index in [0.29, 0.717) is 97.3 Å². The van der Waals surface area contributed by atoms with Crippen molar-refractivity contribution in [3.63, 3.8) is 0 Å². The molecule has 28 heteroatoms. The predicted molar refractivity (Wildman–Crippen MR) is 365 cm³/mol. The number of halogens is 10. The molecule has 8 aromatic rings. The minimum atomic E-state index is -0.603. The van der Waals surface area contributed by atoms with Crippen LogP contribution in [0, 0.1) is 36.5 Å². The third kappa shape index (κ3) is 11.9. The van der Waals surface area contributed by atoms with Crippen molar-refractivity contribution in [2.75, 3.05) is 73.6 Å². The van der Waals surface area contributed by atoms with Gasteiger partial charge in [0.2, 0.25) is 11.8 Å². The van der Waals surface area contributed by atoms with Crippen LogP contribution in [0.1, 0.15) is 73.2 Å². The molecule has 0 atom stereocenters. The Balaban J connectivity index is 0.000000213. The number of fused-ring (bicyclic) bond motifs is 2. The molecule has 2 amide bonds. The molecule has 0 bridgehead atoms. The third-order valence-corrected chi connectivity index (χ3v) is 19.5. The van der Waals surface area contributed by atoms with E-state index in [4.69, 9.17) is 137 Å². The number of nitrogens with zero attached hydrogens (tertiary/aromatic N) is 12. The van der Waals surface area contributed by atoms with Gasteiger partial charge in [-0.1, -0.05) is 157 Å². The van der Waals surface area contributed by atoms with E-state index >= 15 is 0 Å². The van der Waals surface area contributed by atoms with Crippen LogP contribution in [0.2, 0.25) is 50.2 Å². The number of nitriles is 2. The molecule has 2 aromatic carbocycles. The summed E-state index contributed by atoms with van der Waals surface area (Å²) in [6, 6.07) is 11.0. The molecule has 0 saturated carbocycles. The van der Waals surface area contributed by atoms with E-state index in [0.717, 1.165) is 11.1 Å². The third-order valence-electron chi connectivity index (χ3n) is 15.5. The van der Waals surface area contributed by atoms with Crippen molar-refractivity contribution in [3.05, 3.63) is 167 Å². The molecule has 2 aliphatic heterocycles. The lowest BCUT2D eigenvalue weighted by molar-refractivity contribution is -0.127. The summed E-state index contributed by atoms with van der Waals surface area (Å²) in [5, 5.41) is 21.7. The molecule has 2 aliphatic rings. The number of hydrogen-bond acceptors (Lipinski definition) is 14. The second kappa shape index (κ2) is 27.0. The first-order valence-corrected chi connectivity index (χ1v) is 31.3. The average Bonchev–Trinajstić information content (AvgIpc) is 0.747. The lowest BCUT2D eigenvalue weighted by Gasteiger charge is -2.36. The number of anilines is 4. The first-order chi connectivity index (χ1) is 42.7. The van der Waals surface area contributed by atoms with E-state index in [1.54, 1.807) is 46.5 Å². The first kappa shape index (κ1) is 67.4. The maximum atomic E-state index is 14.5. The van der Waals surface area contributed by atoms with Crippen LogP contribution in [0.4, 0.5) is 22.7 Å². The molecule has 0 aliphatic carbocycles. The normalized spacial score (nSPS) is 13.4. The van der Waals surface area contributed by atoms with Crippen LogP contribution in [0.15, 0.2) is 71.6 Å². The van der Waals surface area contributed by atoms with Gasteiger partial charge < -0.3 is 31.1 Å². The second-order valence-electron chi connectivity index (χ2n) is 21.5. The quantitative estimate of drug-likeness (QED) is 0.0560. The van der Waals surface area contributed by atoms with Crippen molar-refractivity contribution in [2.24, 2.45) is 0 Å². The topological polar surface area (TPSA) is 242 Å². The lowest BCUT2D eigenvalue weighted by Crippen LogP contribution is -2.49. The van der Waals surface area contributed by atoms with Crippen LogP contribution >= 0.6 is 116 Å². The first-order valence-electron chi connectivity index (χ1n) is 27.5. The number of benzene rings is 2. The van der Waals surface area contributed by atoms with E-state index in [9.17, 15) is 29.7 Å². The Morgan fingerprint density at radius 1 is 0.533 bits per heavy atom. The predicted octanol–water partition coefficient (Wildman–Crippen LogP) is 14.9. The summed E-state index contributed by atoms with van der Waals surface area (Å²) < 4.78 is 2.77. The van der Waals surface area contributed by atoms with Crippen molar-refractivity contribution < 1.29 is 9.59 Å². The number of piperazine rings is 2. The fraction of sp³-hybridized carbons (Fsp3) is 0.258. The van der Waals surface area contributed by atoms with E-state index in [-0.39, 0.29) is 130 Å². The van der Waals surface area contributed by atoms with Gasteiger partial charge in [-0.25, -0.2) is 9.97 Å². The fourth-order valence-electron chi connectivity index (χ4n) is 11.0. The molecule has 10 rings (SSSR count). The summed E-state index contributed by atoms with van der Waals surface area (Å²) in [6.07, 6.45) is 5.84. The standard InChI is InChI=1S/2C31H26Cl5N7O2/c2*1-5-19(44)41-8-10-42(11-9-41)29-16-12-18(32)27(20-21(33)23(35)24(36)25(38)22(20)34)40-30(16)43(31(45)17(29)13-37)28-15(4)6-7-39-26(28)14(2)3/h2*5-7,12,14H,1,8-11,38H2,2-4H3. The number of carbonyl (C=O) groups excluding carboxylic acids is 2. The molecule has 0 unspecified atom stereocenters. The van der Waals surface area contributed by atoms with Gasteiger partial charge in [0.25, 0.3) is 11.1 Å². The van der Waals surface area contributed by atoms with E-state index < -0.39 is 11.1 Å². The van der Waals surface area contributed by atoms with Gasteiger partial charge in [-0.05, 0) is 73.2 Å². The average molecular weight is 1410 g/mol. The van der Waals surface area contributed by atoms with E-state index in [2.05, 4.69) is 35.3 Å². The summed E-state index contributed by atoms with van der Waals surface area (Å²) in [6.45, 7) is 21.4. The molecular formula is C62H52Cl10N14O4. The Bertz CT molecular complexity index is 4250. The number of carbonyl (C=O) groups is 2. The highest BCUT2D eigenvalue weighted by Gasteiger charge is 2.34. The Hall–Kier alpha value is -7.04. The van der Waals surface area contributed by atoms with Gasteiger partial charge in [0.1, 0.15) is 34.6 Å². The highest BCUT2D eigenvalue weighted by atomic mass is 35.5. The van der Waals surface area contributed by atoms with Crippen LogP contribution in [-0.2, 0) is 9.59 Å². The molecule has 2 fully saturated rings. The van der Waals surface area contributed by atoms with Crippen molar-refractivity contribution in [3.8, 4) is 46.0 Å². The van der Waals surface area contributed by atoms with Crippen molar-refractivity contribution in [1.29, 1.82) is 10.5 Å². The smallest absolute Gasteiger partial charge is 0.276 e. The van der Waals surface area contributed by atoms with Crippen molar-refractivity contribution >= 4 is 173 Å². The summed E-state index contributed by atoms with van der Waals surface area (Å²) in [7, 11) is 0. The Labute approximate surface area is 566 Å². The van der Waals surface area contributed by atoms with Gasteiger partial charge in [-0.3, -0.25) is 38.3 Å².